The highest BCUT2D eigenvalue weighted by Crippen LogP contribution is 2.30. The van der Waals surface area contributed by atoms with E-state index >= 15 is 0 Å². The first-order valence-corrected chi connectivity index (χ1v) is 7.42. The van der Waals surface area contributed by atoms with Crippen molar-refractivity contribution in [3.8, 4) is 0 Å². The Hall–Kier alpha value is -1.85. The molecule has 4 rings (SSSR count). The Kier molecular flexibility index (Phi) is 2.97. The van der Waals surface area contributed by atoms with Crippen molar-refractivity contribution in [2.45, 2.75) is 26.2 Å². The van der Waals surface area contributed by atoms with Gasteiger partial charge < -0.3 is 14.8 Å². The summed E-state index contributed by atoms with van der Waals surface area (Å²) < 4.78 is 2.02. The molecule has 1 amide bonds. The van der Waals surface area contributed by atoms with Gasteiger partial charge >= 0.3 is 0 Å². The molecule has 0 atom stereocenters. The quantitative estimate of drug-likeness (QED) is 0.874. The molecule has 2 aromatic rings. The molecular weight excluding hydrogens is 288 g/mol. The summed E-state index contributed by atoms with van der Waals surface area (Å²) in [7, 11) is 0. The highest BCUT2D eigenvalue weighted by Gasteiger charge is 2.28. The van der Waals surface area contributed by atoms with Crippen LogP contribution in [0.1, 0.15) is 27.4 Å². The van der Waals surface area contributed by atoms with Crippen molar-refractivity contribution < 1.29 is 4.79 Å². The third-order valence-corrected chi connectivity index (χ3v) is 4.52. The van der Waals surface area contributed by atoms with Crippen LogP contribution in [0.25, 0.3) is 0 Å². The molecule has 0 aliphatic carbocycles. The molecule has 0 spiro atoms. The fourth-order valence-electron chi connectivity index (χ4n) is 3.05. The van der Waals surface area contributed by atoms with Crippen molar-refractivity contribution in [1.29, 1.82) is 0 Å². The topological polar surface area (TPSA) is 50.2 Å². The molecule has 2 aliphatic rings. The molecule has 0 bridgehead atoms. The van der Waals surface area contributed by atoms with Gasteiger partial charge in [0.1, 0.15) is 11.5 Å². The van der Waals surface area contributed by atoms with Gasteiger partial charge in [-0.3, -0.25) is 4.79 Å². The first-order chi connectivity index (χ1) is 10.2. The average Bonchev–Trinajstić information content (AvgIpc) is 3.11. The van der Waals surface area contributed by atoms with Crippen LogP contribution in [-0.2, 0) is 26.2 Å². The molecule has 0 saturated heterocycles. The number of carbonyl (C=O) groups excluding carboxylic acids is 1. The lowest BCUT2D eigenvalue weighted by Crippen LogP contribution is -2.33. The van der Waals surface area contributed by atoms with E-state index in [1.165, 1.54) is 0 Å². The normalized spacial score (nSPS) is 16.7. The lowest BCUT2D eigenvalue weighted by atomic mass is 10.1. The van der Waals surface area contributed by atoms with Gasteiger partial charge in [-0.1, -0.05) is 23.7 Å². The predicted octanol–water partition coefficient (Wildman–Crippen LogP) is 1.80. The number of benzene rings is 1. The third kappa shape index (κ3) is 2.04. The molecule has 1 aromatic heterocycles. The standard InChI is InChI=1S/C15H15ClN4O/c16-12-3-1-2-10-8-19(9-11(10)12)15(21)13-6-18-14-7-17-4-5-20(13)14/h1-3,6,17H,4-5,7-9H2. The Morgan fingerprint density at radius 1 is 1.33 bits per heavy atom. The Balaban J connectivity index is 1.63. The van der Waals surface area contributed by atoms with E-state index in [9.17, 15) is 4.79 Å². The first-order valence-electron chi connectivity index (χ1n) is 7.04. The monoisotopic (exact) mass is 302 g/mol. The van der Waals surface area contributed by atoms with Crippen LogP contribution in [0.4, 0.5) is 0 Å². The number of imidazole rings is 1. The molecule has 1 aromatic carbocycles. The molecule has 2 aliphatic heterocycles. The SMILES string of the molecule is O=C(c1cnc2n1CCNC2)N1Cc2cccc(Cl)c2C1. The maximum atomic E-state index is 12.8. The highest BCUT2D eigenvalue weighted by atomic mass is 35.5. The third-order valence-electron chi connectivity index (χ3n) is 4.17. The van der Waals surface area contributed by atoms with Crippen molar-refractivity contribution in [3.05, 3.63) is 52.1 Å². The minimum Gasteiger partial charge on any atom is -0.329 e. The summed E-state index contributed by atoms with van der Waals surface area (Å²) in [5.74, 6) is 0.960. The number of amides is 1. The summed E-state index contributed by atoms with van der Waals surface area (Å²) in [5, 5.41) is 4.00. The summed E-state index contributed by atoms with van der Waals surface area (Å²) in [5.41, 5.74) is 2.87. The van der Waals surface area contributed by atoms with Gasteiger partial charge in [0.15, 0.2) is 0 Å². The zero-order valence-electron chi connectivity index (χ0n) is 11.5. The number of halogens is 1. The average molecular weight is 303 g/mol. The van der Waals surface area contributed by atoms with Crippen molar-refractivity contribution in [3.63, 3.8) is 0 Å². The van der Waals surface area contributed by atoms with Crippen LogP contribution in [-0.4, -0.2) is 26.9 Å². The molecule has 21 heavy (non-hydrogen) atoms. The molecular formula is C15H15ClN4O. The Bertz CT molecular complexity index is 724. The first kappa shape index (κ1) is 12.9. The summed E-state index contributed by atoms with van der Waals surface area (Å²) >= 11 is 6.22. The van der Waals surface area contributed by atoms with Gasteiger partial charge in [0, 0.05) is 31.2 Å². The van der Waals surface area contributed by atoms with E-state index in [-0.39, 0.29) is 5.91 Å². The summed E-state index contributed by atoms with van der Waals surface area (Å²) in [4.78, 5) is 18.9. The van der Waals surface area contributed by atoms with Crippen LogP contribution in [0, 0.1) is 0 Å². The Morgan fingerprint density at radius 3 is 3.10 bits per heavy atom. The fraction of sp³-hybridized carbons (Fsp3) is 0.333. The van der Waals surface area contributed by atoms with Crippen LogP contribution < -0.4 is 5.32 Å². The number of hydrogen-bond donors (Lipinski definition) is 1. The van der Waals surface area contributed by atoms with Gasteiger partial charge in [-0.2, -0.15) is 0 Å². The molecule has 1 N–H and O–H groups in total. The number of nitrogens with one attached hydrogen (secondary N) is 1. The van der Waals surface area contributed by atoms with E-state index in [1.807, 2.05) is 27.7 Å². The Morgan fingerprint density at radius 2 is 2.24 bits per heavy atom. The highest BCUT2D eigenvalue weighted by molar-refractivity contribution is 6.31. The molecule has 3 heterocycles. The lowest BCUT2D eigenvalue weighted by Gasteiger charge is -2.20. The van der Waals surface area contributed by atoms with Gasteiger partial charge in [-0.05, 0) is 17.2 Å². The van der Waals surface area contributed by atoms with Gasteiger partial charge in [0.2, 0.25) is 0 Å². The zero-order chi connectivity index (χ0) is 14.4. The van der Waals surface area contributed by atoms with Crippen LogP contribution in [0.3, 0.4) is 0 Å². The van der Waals surface area contributed by atoms with Crippen molar-refractivity contribution in [1.82, 2.24) is 19.8 Å². The van der Waals surface area contributed by atoms with E-state index in [4.69, 9.17) is 11.6 Å². The number of fused-ring (bicyclic) bond motifs is 2. The second-order valence-corrected chi connectivity index (χ2v) is 5.83. The van der Waals surface area contributed by atoms with Gasteiger partial charge in [0.25, 0.3) is 5.91 Å². The number of rotatable bonds is 1. The van der Waals surface area contributed by atoms with Crippen molar-refractivity contribution in [2.75, 3.05) is 6.54 Å². The largest absolute Gasteiger partial charge is 0.329 e. The van der Waals surface area contributed by atoms with Gasteiger partial charge in [-0.15, -0.1) is 0 Å². The van der Waals surface area contributed by atoms with Gasteiger partial charge in [-0.25, -0.2) is 4.98 Å². The molecule has 0 radical (unpaired) electrons. The summed E-state index contributed by atoms with van der Waals surface area (Å²) in [6, 6.07) is 5.84. The Labute approximate surface area is 127 Å². The maximum absolute atomic E-state index is 12.8. The van der Waals surface area contributed by atoms with Crippen LogP contribution in [0.5, 0.6) is 0 Å². The van der Waals surface area contributed by atoms with E-state index in [2.05, 4.69) is 10.3 Å². The maximum Gasteiger partial charge on any atom is 0.272 e. The van der Waals surface area contributed by atoms with Crippen molar-refractivity contribution in [2.24, 2.45) is 0 Å². The predicted molar refractivity (Wildman–Crippen MR) is 79.0 cm³/mol. The van der Waals surface area contributed by atoms with E-state index in [0.29, 0.717) is 18.8 Å². The van der Waals surface area contributed by atoms with Crippen LogP contribution >= 0.6 is 11.6 Å². The number of aromatic nitrogens is 2. The number of hydrogen-bond acceptors (Lipinski definition) is 3. The number of nitrogens with zero attached hydrogens (tertiary/aromatic N) is 3. The van der Waals surface area contributed by atoms with Crippen LogP contribution in [0.2, 0.25) is 5.02 Å². The molecule has 108 valence electrons. The summed E-state index contributed by atoms with van der Waals surface area (Å²) in [6.45, 7) is 3.58. The lowest BCUT2D eigenvalue weighted by molar-refractivity contribution is 0.0739. The fourth-order valence-corrected chi connectivity index (χ4v) is 3.31. The van der Waals surface area contributed by atoms with E-state index in [0.717, 1.165) is 41.6 Å². The molecule has 0 saturated carbocycles. The zero-order valence-corrected chi connectivity index (χ0v) is 12.2. The summed E-state index contributed by atoms with van der Waals surface area (Å²) in [6.07, 6.45) is 1.69. The minimum atomic E-state index is 0.0305. The molecule has 6 heteroatoms. The number of carbonyl (C=O) groups is 1. The second kappa shape index (κ2) is 4.86. The van der Waals surface area contributed by atoms with Crippen LogP contribution in [0.15, 0.2) is 24.4 Å². The van der Waals surface area contributed by atoms with Gasteiger partial charge in [0.05, 0.1) is 12.7 Å². The molecule has 0 fully saturated rings. The minimum absolute atomic E-state index is 0.0305. The smallest absolute Gasteiger partial charge is 0.272 e. The van der Waals surface area contributed by atoms with E-state index in [1.54, 1.807) is 6.20 Å². The molecule has 5 nitrogen and oxygen atoms in total. The van der Waals surface area contributed by atoms with E-state index < -0.39 is 0 Å². The molecule has 0 unspecified atom stereocenters. The van der Waals surface area contributed by atoms with Crippen molar-refractivity contribution >= 4 is 17.5 Å². The second-order valence-electron chi connectivity index (χ2n) is 5.43.